The molecule has 1 aliphatic carbocycles. The van der Waals surface area contributed by atoms with Crippen LogP contribution in [0.5, 0.6) is 5.75 Å². The van der Waals surface area contributed by atoms with E-state index in [1.165, 1.54) is 30.3 Å². The number of fused-ring (bicyclic) bond motifs is 2. The molecule has 0 bridgehead atoms. The van der Waals surface area contributed by atoms with Crippen LogP contribution in [-0.4, -0.2) is 143 Å². The van der Waals surface area contributed by atoms with Crippen LogP contribution in [0.1, 0.15) is 5.56 Å². The molecule has 2 saturated heterocycles. The lowest BCUT2D eigenvalue weighted by atomic mass is 9.83. The number of hydrogen-bond donors (Lipinski definition) is 10. The molecular formula is C27H30O16. The van der Waals surface area contributed by atoms with Gasteiger partial charge in [-0.2, -0.15) is 0 Å². The fourth-order valence-electron chi connectivity index (χ4n) is 5.31. The zero-order chi connectivity index (χ0) is 31.4. The number of aliphatic hydroxyl groups excluding tert-OH is 8. The fourth-order valence-corrected chi connectivity index (χ4v) is 5.31. The topological polar surface area (TPSA) is 273 Å². The highest BCUT2D eigenvalue weighted by atomic mass is 16.8. The van der Waals surface area contributed by atoms with E-state index in [1.807, 2.05) is 0 Å². The lowest BCUT2D eigenvalue weighted by molar-refractivity contribution is -0.349. The van der Waals surface area contributed by atoms with Crippen LogP contribution >= 0.6 is 0 Å². The maximum Gasteiger partial charge on any atom is 0.294 e. The number of carbonyl (C=O) groups excluding carboxylic acids is 2. The number of rotatable bonds is 7. The first-order valence-electron chi connectivity index (χ1n) is 13.1. The summed E-state index contributed by atoms with van der Waals surface area (Å²) in [5.41, 5.74) is -1.23. The van der Waals surface area contributed by atoms with Crippen molar-refractivity contribution in [1.82, 2.24) is 0 Å². The molecule has 5 rings (SSSR count). The Hall–Kier alpha value is -3.26. The van der Waals surface area contributed by atoms with Gasteiger partial charge >= 0.3 is 0 Å². The minimum atomic E-state index is -3.41. The van der Waals surface area contributed by atoms with E-state index in [-0.39, 0.29) is 5.75 Å². The van der Waals surface area contributed by atoms with E-state index in [9.17, 15) is 60.7 Å². The highest BCUT2D eigenvalue weighted by Gasteiger charge is 2.64. The van der Waals surface area contributed by atoms with E-state index >= 15 is 0 Å². The van der Waals surface area contributed by atoms with Crippen molar-refractivity contribution in [2.75, 3.05) is 13.2 Å². The Labute approximate surface area is 242 Å². The first-order chi connectivity index (χ1) is 20.3. The Kier molecular flexibility index (Phi) is 8.47. The van der Waals surface area contributed by atoms with Crippen LogP contribution in [0.3, 0.4) is 0 Å². The molecule has 0 aromatic heterocycles. The van der Waals surface area contributed by atoms with Gasteiger partial charge in [0, 0.05) is 0 Å². The SMILES string of the molecule is O=C(/C=C/c1ccc(O)cc1)C1=C(O)C2=C(O[C@@H]3[C@@H](O)[C@@H](O)[C@@H](CO)O[C@@H]23)[C@@](O)(O[C@@H]2O[C@H](CO)[C@@H](O)[C@H](O)[C@H]2O)C1=O. The summed E-state index contributed by atoms with van der Waals surface area (Å²) in [6, 6.07) is 5.51. The molecule has 0 saturated carbocycles. The van der Waals surface area contributed by atoms with Gasteiger partial charge in [0.05, 0.1) is 18.8 Å². The van der Waals surface area contributed by atoms with E-state index in [2.05, 4.69) is 0 Å². The van der Waals surface area contributed by atoms with Crippen molar-refractivity contribution in [2.24, 2.45) is 0 Å². The maximum atomic E-state index is 13.8. The largest absolute Gasteiger partial charge is 0.508 e. The van der Waals surface area contributed by atoms with Crippen LogP contribution in [0, 0.1) is 0 Å². The summed E-state index contributed by atoms with van der Waals surface area (Å²) < 4.78 is 21.8. The lowest BCUT2D eigenvalue weighted by Gasteiger charge is -2.43. The number of benzene rings is 1. The summed E-state index contributed by atoms with van der Waals surface area (Å²) in [7, 11) is 0. The van der Waals surface area contributed by atoms with E-state index in [4.69, 9.17) is 18.9 Å². The third kappa shape index (κ3) is 5.15. The number of aliphatic hydroxyl groups is 9. The van der Waals surface area contributed by atoms with Crippen molar-refractivity contribution in [3.05, 3.63) is 58.6 Å². The number of ether oxygens (including phenoxy) is 4. The zero-order valence-electron chi connectivity index (χ0n) is 22.1. The standard InChI is InChI=1S/C27H30O16/c28-7-12-17(33)20(36)23-22(40-12)15-18(34)14(11(31)6-3-9-1-4-10(30)5-2-9)24(38)27(39,25(15)42-23)43-26-21(37)19(35)16(32)13(8-29)41-26/h1-6,12-13,16-17,19-23,26,28-30,32-37,39H,7-8H2/b6-3+/t12-,13-,16-,17+,19+,20+,21-,22+,23-,26+,27+/m1/s1. The molecule has 3 heterocycles. The normalized spacial score (nSPS) is 39.6. The fraction of sp³-hybridized carbons (Fsp3) is 0.481. The van der Waals surface area contributed by atoms with Gasteiger partial charge in [-0.05, 0) is 23.8 Å². The first kappa shape index (κ1) is 31.2. The van der Waals surface area contributed by atoms with Crippen molar-refractivity contribution >= 4 is 17.6 Å². The number of aromatic hydroxyl groups is 1. The summed E-state index contributed by atoms with van der Waals surface area (Å²) in [5.74, 6) is -8.23. The molecule has 0 radical (unpaired) electrons. The van der Waals surface area contributed by atoms with Gasteiger partial charge < -0.3 is 70.0 Å². The monoisotopic (exact) mass is 610 g/mol. The van der Waals surface area contributed by atoms with Gasteiger partial charge in [0.2, 0.25) is 5.78 Å². The predicted molar refractivity (Wildman–Crippen MR) is 136 cm³/mol. The molecule has 16 nitrogen and oxygen atoms in total. The second kappa shape index (κ2) is 11.7. The highest BCUT2D eigenvalue weighted by molar-refractivity contribution is 6.28. The molecule has 0 amide bonds. The number of hydrogen-bond acceptors (Lipinski definition) is 16. The van der Waals surface area contributed by atoms with Crippen LogP contribution in [0.4, 0.5) is 0 Å². The molecule has 11 atom stereocenters. The third-order valence-corrected chi connectivity index (χ3v) is 7.69. The number of phenols is 1. The summed E-state index contributed by atoms with van der Waals surface area (Å²) in [5, 5.41) is 103. The highest BCUT2D eigenvalue weighted by Crippen LogP contribution is 2.48. The van der Waals surface area contributed by atoms with Gasteiger partial charge in [0.15, 0.2) is 23.9 Å². The summed E-state index contributed by atoms with van der Waals surface area (Å²) in [6.45, 7) is -1.70. The minimum absolute atomic E-state index is 0.0575. The molecule has 3 aliphatic heterocycles. The molecule has 16 heteroatoms. The molecule has 234 valence electrons. The van der Waals surface area contributed by atoms with E-state index in [1.54, 1.807) is 0 Å². The molecule has 43 heavy (non-hydrogen) atoms. The van der Waals surface area contributed by atoms with Crippen LogP contribution < -0.4 is 0 Å². The Morgan fingerprint density at radius 2 is 1.49 bits per heavy atom. The van der Waals surface area contributed by atoms with Crippen LogP contribution in [0.15, 0.2) is 53.0 Å². The van der Waals surface area contributed by atoms with Gasteiger partial charge in [-0.15, -0.1) is 0 Å². The van der Waals surface area contributed by atoms with Crippen molar-refractivity contribution in [3.8, 4) is 5.75 Å². The molecule has 4 aliphatic rings. The molecular weight excluding hydrogens is 580 g/mol. The maximum absolute atomic E-state index is 13.8. The number of Topliss-reactive ketones (excluding diaryl/α,β-unsaturated/α-hetero) is 1. The molecule has 0 spiro atoms. The summed E-state index contributed by atoms with van der Waals surface area (Å²) >= 11 is 0. The Morgan fingerprint density at radius 1 is 0.884 bits per heavy atom. The van der Waals surface area contributed by atoms with Crippen molar-refractivity contribution < 1.29 is 79.6 Å². The van der Waals surface area contributed by atoms with Crippen molar-refractivity contribution in [3.63, 3.8) is 0 Å². The van der Waals surface area contributed by atoms with Crippen LogP contribution in [-0.2, 0) is 28.5 Å². The Balaban J connectivity index is 1.58. The van der Waals surface area contributed by atoms with E-state index < -0.39 is 114 Å². The van der Waals surface area contributed by atoms with E-state index in [0.29, 0.717) is 5.56 Å². The molecule has 1 aromatic carbocycles. The summed E-state index contributed by atoms with van der Waals surface area (Å²) in [6.07, 6.45) is -15.7. The van der Waals surface area contributed by atoms with Gasteiger partial charge in [-0.25, -0.2) is 0 Å². The molecule has 2 fully saturated rings. The second-order valence-electron chi connectivity index (χ2n) is 10.4. The van der Waals surface area contributed by atoms with Gasteiger partial charge in [-0.1, -0.05) is 18.2 Å². The number of ketones is 2. The van der Waals surface area contributed by atoms with Gasteiger partial charge in [0.25, 0.3) is 5.79 Å². The Morgan fingerprint density at radius 3 is 2.12 bits per heavy atom. The summed E-state index contributed by atoms with van der Waals surface area (Å²) in [4.78, 5) is 27.1. The van der Waals surface area contributed by atoms with Crippen LogP contribution in [0.25, 0.3) is 6.08 Å². The molecule has 0 unspecified atom stereocenters. The van der Waals surface area contributed by atoms with Crippen LogP contribution in [0.2, 0.25) is 0 Å². The van der Waals surface area contributed by atoms with Gasteiger partial charge in [-0.3, -0.25) is 9.59 Å². The lowest BCUT2D eigenvalue weighted by Crippen LogP contribution is -2.62. The zero-order valence-corrected chi connectivity index (χ0v) is 22.1. The molecule has 10 N–H and O–H groups in total. The predicted octanol–water partition coefficient (Wildman–Crippen LogP) is -3.99. The minimum Gasteiger partial charge on any atom is -0.508 e. The Bertz CT molecular complexity index is 1350. The van der Waals surface area contributed by atoms with Crippen molar-refractivity contribution in [2.45, 2.75) is 67.0 Å². The third-order valence-electron chi connectivity index (χ3n) is 7.69. The second-order valence-corrected chi connectivity index (χ2v) is 10.4. The average Bonchev–Trinajstić information content (AvgIpc) is 3.39. The van der Waals surface area contributed by atoms with Crippen molar-refractivity contribution in [1.29, 1.82) is 0 Å². The van der Waals surface area contributed by atoms with Gasteiger partial charge in [0.1, 0.15) is 65.9 Å². The smallest absolute Gasteiger partial charge is 0.294 e. The van der Waals surface area contributed by atoms with E-state index in [0.717, 1.165) is 6.08 Å². The number of allylic oxidation sites excluding steroid dienone is 1. The average molecular weight is 611 g/mol. The quantitative estimate of drug-likeness (QED) is 0.0800. The number of phenolic OH excluding ortho intramolecular Hbond substituents is 1. The molecule has 1 aromatic rings. The first-order valence-corrected chi connectivity index (χ1v) is 13.1. The number of carbonyl (C=O) groups is 2.